The predicted octanol–water partition coefficient (Wildman–Crippen LogP) is 1.54. The molecule has 0 fully saturated rings. The van der Waals surface area contributed by atoms with Gasteiger partial charge < -0.3 is 19.5 Å². The highest BCUT2D eigenvalue weighted by Gasteiger charge is 2.34. The van der Waals surface area contributed by atoms with E-state index in [4.69, 9.17) is 9.95 Å². The first-order chi connectivity index (χ1) is 9.99. The van der Waals surface area contributed by atoms with E-state index in [1.165, 1.54) is 13.2 Å². The monoisotopic (exact) mass is 292 g/mol. The van der Waals surface area contributed by atoms with Gasteiger partial charge in [0.15, 0.2) is 0 Å². The van der Waals surface area contributed by atoms with Crippen LogP contribution < -0.4 is 0 Å². The standard InChI is InChI=1S/C14H16N2O5/c1-3-20-14(19)13(16-15)11(18)8-10(7-9(2)17)12-5-4-6-21-12/h4-6,10H,3,7-8H2,1-2H3. The van der Waals surface area contributed by atoms with Gasteiger partial charge in [0.1, 0.15) is 11.5 Å². The van der Waals surface area contributed by atoms with Gasteiger partial charge in [-0.05, 0) is 26.0 Å². The highest BCUT2D eigenvalue weighted by molar-refractivity contribution is 6.62. The summed E-state index contributed by atoms with van der Waals surface area (Å²) < 4.78 is 9.82. The summed E-state index contributed by atoms with van der Waals surface area (Å²) in [7, 11) is 0. The van der Waals surface area contributed by atoms with Gasteiger partial charge in [-0.2, -0.15) is 4.79 Å². The van der Waals surface area contributed by atoms with Crippen molar-refractivity contribution in [3.05, 3.63) is 29.7 Å². The van der Waals surface area contributed by atoms with Gasteiger partial charge in [-0.3, -0.25) is 4.79 Å². The predicted molar refractivity (Wildman–Crippen MR) is 71.6 cm³/mol. The van der Waals surface area contributed by atoms with Crippen molar-refractivity contribution in [3.63, 3.8) is 0 Å². The third-order valence-electron chi connectivity index (χ3n) is 2.74. The second-order valence-corrected chi connectivity index (χ2v) is 4.41. The van der Waals surface area contributed by atoms with Crippen molar-refractivity contribution in [2.24, 2.45) is 0 Å². The molecule has 1 heterocycles. The normalized spacial score (nSPS) is 11.3. The molecule has 1 unspecified atom stereocenters. The van der Waals surface area contributed by atoms with Crippen LogP contribution in [0.1, 0.15) is 38.4 Å². The highest BCUT2D eigenvalue weighted by Crippen LogP contribution is 2.24. The molecule has 0 radical (unpaired) electrons. The first-order valence-corrected chi connectivity index (χ1v) is 6.44. The Labute approximate surface area is 121 Å². The van der Waals surface area contributed by atoms with Crippen LogP contribution in [0.2, 0.25) is 0 Å². The Hall–Kier alpha value is -2.53. The summed E-state index contributed by atoms with van der Waals surface area (Å²) in [4.78, 5) is 37.5. The first kappa shape index (κ1) is 16.5. The summed E-state index contributed by atoms with van der Waals surface area (Å²) in [5, 5.41) is 0. The lowest BCUT2D eigenvalue weighted by atomic mass is 9.93. The number of furan rings is 1. The third-order valence-corrected chi connectivity index (χ3v) is 2.74. The van der Waals surface area contributed by atoms with Crippen molar-refractivity contribution in [1.82, 2.24) is 0 Å². The average Bonchev–Trinajstić information content (AvgIpc) is 2.92. The number of rotatable bonds is 8. The molecule has 0 aliphatic carbocycles. The minimum Gasteiger partial charge on any atom is -0.469 e. The zero-order valence-corrected chi connectivity index (χ0v) is 11.9. The van der Waals surface area contributed by atoms with Crippen LogP contribution in [0, 0.1) is 0 Å². The molecule has 0 aliphatic rings. The molecular weight excluding hydrogens is 276 g/mol. The number of Topliss-reactive ketones (excluding diaryl/α,β-unsaturated/α-hetero) is 2. The van der Waals surface area contributed by atoms with Crippen LogP contribution in [0.15, 0.2) is 22.8 Å². The Kier molecular flexibility index (Phi) is 6.23. The van der Waals surface area contributed by atoms with Crippen molar-refractivity contribution in [2.75, 3.05) is 6.61 Å². The van der Waals surface area contributed by atoms with E-state index in [2.05, 4.69) is 9.53 Å². The summed E-state index contributed by atoms with van der Waals surface area (Å²) in [6.45, 7) is 3.02. The molecule has 0 saturated heterocycles. The number of ether oxygens (including phenoxy) is 1. The topological polar surface area (TPSA) is 110 Å². The number of ketones is 2. The maximum Gasteiger partial charge on any atom is 0.441 e. The molecule has 0 N–H and O–H groups in total. The average molecular weight is 292 g/mol. The molecule has 0 amide bonds. The van der Waals surface area contributed by atoms with E-state index in [0.717, 1.165) is 0 Å². The maximum atomic E-state index is 12.0. The van der Waals surface area contributed by atoms with Crippen LogP contribution in [0.4, 0.5) is 0 Å². The second-order valence-electron chi connectivity index (χ2n) is 4.41. The number of nitrogens with zero attached hydrogens (tertiary/aromatic N) is 2. The molecule has 1 atom stereocenters. The Balaban J connectivity index is 2.87. The van der Waals surface area contributed by atoms with Gasteiger partial charge in [0.2, 0.25) is 0 Å². The van der Waals surface area contributed by atoms with E-state index in [-0.39, 0.29) is 25.2 Å². The Morgan fingerprint density at radius 2 is 2.10 bits per heavy atom. The molecule has 7 heteroatoms. The molecule has 0 aliphatic heterocycles. The molecule has 21 heavy (non-hydrogen) atoms. The van der Waals surface area contributed by atoms with Crippen molar-refractivity contribution in [3.8, 4) is 0 Å². The zero-order chi connectivity index (χ0) is 15.8. The van der Waals surface area contributed by atoms with E-state index < -0.39 is 23.4 Å². The number of hydrogen-bond donors (Lipinski definition) is 0. The van der Waals surface area contributed by atoms with Crippen LogP contribution in [0.25, 0.3) is 5.53 Å². The van der Waals surface area contributed by atoms with E-state index in [9.17, 15) is 14.4 Å². The van der Waals surface area contributed by atoms with Gasteiger partial charge in [-0.15, -0.1) is 0 Å². The molecule has 1 aromatic heterocycles. The molecule has 7 nitrogen and oxygen atoms in total. The smallest absolute Gasteiger partial charge is 0.441 e. The highest BCUT2D eigenvalue weighted by atomic mass is 16.5. The summed E-state index contributed by atoms with van der Waals surface area (Å²) in [6, 6.07) is 3.28. The second kappa shape index (κ2) is 7.91. The van der Waals surface area contributed by atoms with Crippen molar-refractivity contribution >= 4 is 23.2 Å². The van der Waals surface area contributed by atoms with E-state index in [1.807, 2.05) is 0 Å². The third kappa shape index (κ3) is 4.81. The summed E-state index contributed by atoms with van der Waals surface area (Å²) in [5.74, 6) is -1.89. The van der Waals surface area contributed by atoms with E-state index in [1.54, 1.807) is 19.1 Å². The fourth-order valence-electron chi connectivity index (χ4n) is 1.87. The lowest BCUT2D eigenvalue weighted by Crippen LogP contribution is -2.29. The fourth-order valence-corrected chi connectivity index (χ4v) is 1.87. The molecule has 0 bridgehead atoms. The van der Waals surface area contributed by atoms with Crippen LogP contribution >= 0.6 is 0 Å². The van der Waals surface area contributed by atoms with Crippen LogP contribution in [-0.4, -0.2) is 34.6 Å². The van der Waals surface area contributed by atoms with Crippen LogP contribution in [0.5, 0.6) is 0 Å². The molecule has 1 aromatic rings. The lowest BCUT2D eigenvalue weighted by molar-refractivity contribution is -0.141. The van der Waals surface area contributed by atoms with Gasteiger partial charge in [-0.25, -0.2) is 4.79 Å². The number of esters is 1. The SMILES string of the molecule is CCOC(=O)C(=[N+]=[N-])C(=O)CC(CC(C)=O)c1ccco1. The van der Waals surface area contributed by atoms with Gasteiger partial charge in [0.25, 0.3) is 5.78 Å². The Morgan fingerprint density at radius 3 is 2.57 bits per heavy atom. The van der Waals surface area contributed by atoms with Gasteiger partial charge in [0, 0.05) is 18.8 Å². The largest absolute Gasteiger partial charge is 0.469 e. The maximum absolute atomic E-state index is 12.0. The van der Waals surface area contributed by atoms with Crippen LogP contribution in [0.3, 0.4) is 0 Å². The van der Waals surface area contributed by atoms with Gasteiger partial charge in [0.05, 0.1) is 12.9 Å². The quantitative estimate of drug-likeness (QED) is 0.237. The van der Waals surface area contributed by atoms with Crippen molar-refractivity contribution < 1.29 is 28.3 Å². The molecule has 1 rings (SSSR count). The van der Waals surface area contributed by atoms with E-state index >= 15 is 0 Å². The summed E-state index contributed by atoms with van der Waals surface area (Å²) in [5.41, 5.74) is 8.11. The Morgan fingerprint density at radius 1 is 1.38 bits per heavy atom. The first-order valence-electron chi connectivity index (χ1n) is 6.44. The minimum absolute atomic E-state index is 0.0557. The zero-order valence-electron chi connectivity index (χ0n) is 11.9. The fraction of sp³-hybridized carbons (Fsp3) is 0.429. The van der Waals surface area contributed by atoms with Gasteiger partial charge >= 0.3 is 11.7 Å². The number of hydrogen-bond acceptors (Lipinski definition) is 5. The van der Waals surface area contributed by atoms with Gasteiger partial charge in [-0.1, -0.05) is 0 Å². The molecule has 0 saturated carbocycles. The molecule has 0 spiro atoms. The van der Waals surface area contributed by atoms with Crippen LogP contribution in [-0.2, 0) is 19.1 Å². The Bertz CT molecular complexity index is 570. The van der Waals surface area contributed by atoms with Crippen molar-refractivity contribution in [2.45, 2.75) is 32.6 Å². The molecule has 0 aromatic carbocycles. The number of carbonyl (C=O) groups excluding carboxylic acids is 3. The van der Waals surface area contributed by atoms with Crippen molar-refractivity contribution in [1.29, 1.82) is 0 Å². The molecule has 112 valence electrons. The molecular formula is C14H16N2O5. The lowest BCUT2D eigenvalue weighted by Gasteiger charge is -2.10. The summed E-state index contributed by atoms with van der Waals surface area (Å²) >= 11 is 0. The minimum atomic E-state index is -0.994. The van der Waals surface area contributed by atoms with E-state index in [0.29, 0.717) is 5.76 Å². The number of carbonyl (C=O) groups is 3. The summed E-state index contributed by atoms with van der Waals surface area (Å²) in [6.07, 6.45) is 1.32.